The second-order valence-corrected chi connectivity index (χ2v) is 5.81. The number of hydrogen-bond donors (Lipinski definition) is 1. The zero-order chi connectivity index (χ0) is 17.0. The first-order valence-electron chi connectivity index (χ1n) is 8.17. The number of nitrogen functional groups attached to an aromatic ring is 1. The van der Waals surface area contributed by atoms with E-state index in [0.29, 0.717) is 50.5 Å². The normalized spacial score (nSPS) is 14.7. The molecule has 23 heavy (non-hydrogen) atoms. The van der Waals surface area contributed by atoms with Crippen molar-refractivity contribution in [2.45, 2.75) is 20.8 Å². The Labute approximate surface area is 137 Å². The number of anilines is 1. The zero-order valence-electron chi connectivity index (χ0n) is 14.2. The van der Waals surface area contributed by atoms with E-state index in [2.05, 4.69) is 0 Å². The maximum absolute atomic E-state index is 12.7. The Kier molecular flexibility index (Phi) is 5.47. The fourth-order valence-electron chi connectivity index (χ4n) is 2.84. The molecular formula is C17H26N4O2. The van der Waals surface area contributed by atoms with Crippen LogP contribution in [0.25, 0.3) is 0 Å². The quantitative estimate of drug-likeness (QED) is 0.864. The molecule has 0 saturated carbocycles. The number of carbonyl (C=O) groups is 2. The Morgan fingerprint density at radius 2 is 1.65 bits per heavy atom. The minimum Gasteiger partial charge on any atom is -0.399 e. The van der Waals surface area contributed by atoms with Crippen LogP contribution in [0.2, 0.25) is 0 Å². The Morgan fingerprint density at radius 1 is 1.09 bits per heavy atom. The predicted molar refractivity (Wildman–Crippen MR) is 91.4 cm³/mol. The van der Waals surface area contributed by atoms with Gasteiger partial charge in [0.15, 0.2) is 0 Å². The summed E-state index contributed by atoms with van der Waals surface area (Å²) < 4.78 is 0. The van der Waals surface area contributed by atoms with E-state index in [1.54, 1.807) is 21.9 Å². The first kappa shape index (κ1) is 17.1. The number of hydrogen-bond acceptors (Lipinski definition) is 3. The molecule has 3 amide bonds. The van der Waals surface area contributed by atoms with Crippen LogP contribution in [0.5, 0.6) is 0 Å². The summed E-state index contributed by atoms with van der Waals surface area (Å²) in [5.41, 5.74) is 7.95. The van der Waals surface area contributed by atoms with Crippen LogP contribution in [0.15, 0.2) is 18.2 Å². The number of carbonyl (C=O) groups excluding carboxylic acids is 2. The van der Waals surface area contributed by atoms with Gasteiger partial charge in [-0.1, -0.05) is 6.07 Å². The highest BCUT2D eigenvalue weighted by Gasteiger charge is 2.27. The second kappa shape index (κ2) is 7.35. The van der Waals surface area contributed by atoms with E-state index in [0.717, 1.165) is 5.56 Å². The summed E-state index contributed by atoms with van der Waals surface area (Å²) >= 11 is 0. The number of rotatable bonds is 3. The van der Waals surface area contributed by atoms with Crippen molar-refractivity contribution in [3.63, 3.8) is 0 Å². The molecule has 2 N–H and O–H groups in total. The van der Waals surface area contributed by atoms with E-state index in [9.17, 15) is 9.59 Å². The summed E-state index contributed by atoms with van der Waals surface area (Å²) in [5.74, 6) is -0.00950. The summed E-state index contributed by atoms with van der Waals surface area (Å²) in [6.45, 7) is 9.53. The number of nitrogens with two attached hydrogens (primary N) is 1. The third-order valence-corrected chi connectivity index (χ3v) is 4.36. The summed E-state index contributed by atoms with van der Waals surface area (Å²) in [7, 11) is 0. The van der Waals surface area contributed by atoms with Gasteiger partial charge in [0.25, 0.3) is 5.91 Å². The lowest BCUT2D eigenvalue weighted by molar-refractivity contribution is 0.0641. The van der Waals surface area contributed by atoms with Crippen LogP contribution in [0, 0.1) is 6.92 Å². The van der Waals surface area contributed by atoms with E-state index in [1.807, 2.05) is 31.7 Å². The molecule has 1 aliphatic rings. The number of amides is 3. The van der Waals surface area contributed by atoms with E-state index in [1.165, 1.54) is 0 Å². The van der Waals surface area contributed by atoms with Gasteiger partial charge >= 0.3 is 6.03 Å². The molecule has 0 aliphatic carbocycles. The molecule has 1 heterocycles. The van der Waals surface area contributed by atoms with Gasteiger partial charge in [-0.05, 0) is 38.5 Å². The second-order valence-electron chi connectivity index (χ2n) is 5.81. The fourth-order valence-corrected chi connectivity index (χ4v) is 2.84. The van der Waals surface area contributed by atoms with Gasteiger partial charge < -0.3 is 20.4 Å². The Bertz CT molecular complexity index is 576. The molecular weight excluding hydrogens is 292 g/mol. The van der Waals surface area contributed by atoms with Gasteiger partial charge in [0.05, 0.1) is 0 Å². The van der Waals surface area contributed by atoms with Crippen molar-refractivity contribution in [3.8, 4) is 0 Å². The molecule has 1 aromatic rings. The number of piperazine rings is 1. The molecule has 6 heteroatoms. The van der Waals surface area contributed by atoms with Crippen LogP contribution in [0.1, 0.15) is 29.8 Å². The maximum Gasteiger partial charge on any atom is 0.320 e. The van der Waals surface area contributed by atoms with Crippen LogP contribution in [-0.2, 0) is 0 Å². The molecule has 126 valence electrons. The van der Waals surface area contributed by atoms with Gasteiger partial charge in [-0.15, -0.1) is 0 Å². The van der Waals surface area contributed by atoms with Crippen molar-refractivity contribution in [1.82, 2.24) is 14.7 Å². The highest BCUT2D eigenvalue weighted by Crippen LogP contribution is 2.16. The SMILES string of the molecule is CCN(CC)C(=O)N1CCN(C(=O)c2cc(N)ccc2C)CC1. The number of urea groups is 1. The van der Waals surface area contributed by atoms with Crippen molar-refractivity contribution >= 4 is 17.6 Å². The molecule has 2 rings (SSSR count). The lowest BCUT2D eigenvalue weighted by Crippen LogP contribution is -2.54. The number of nitrogens with zero attached hydrogens (tertiary/aromatic N) is 3. The Balaban J connectivity index is 2.00. The minimum absolute atomic E-state index is 0.00950. The third-order valence-electron chi connectivity index (χ3n) is 4.36. The number of benzene rings is 1. The molecule has 1 fully saturated rings. The van der Waals surface area contributed by atoms with Crippen molar-refractivity contribution in [2.75, 3.05) is 45.0 Å². The fraction of sp³-hybridized carbons (Fsp3) is 0.529. The van der Waals surface area contributed by atoms with Crippen LogP contribution in [-0.4, -0.2) is 65.9 Å². The summed E-state index contributed by atoms with van der Waals surface area (Å²) in [5, 5.41) is 0. The van der Waals surface area contributed by atoms with Crippen LogP contribution < -0.4 is 5.73 Å². The van der Waals surface area contributed by atoms with E-state index >= 15 is 0 Å². The monoisotopic (exact) mass is 318 g/mol. The standard InChI is InChI=1S/C17H26N4O2/c1-4-19(5-2)17(23)21-10-8-20(9-11-21)16(22)15-12-14(18)7-6-13(15)3/h6-7,12H,4-5,8-11,18H2,1-3H3. The van der Waals surface area contributed by atoms with Gasteiger partial charge in [0.1, 0.15) is 0 Å². The first-order chi connectivity index (χ1) is 11.0. The zero-order valence-corrected chi connectivity index (χ0v) is 14.2. The van der Waals surface area contributed by atoms with Gasteiger partial charge in [-0.2, -0.15) is 0 Å². The molecule has 6 nitrogen and oxygen atoms in total. The summed E-state index contributed by atoms with van der Waals surface area (Å²) in [6, 6.07) is 5.45. The lowest BCUT2D eigenvalue weighted by Gasteiger charge is -2.37. The van der Waals surface area contributed by atoms with Crippen LogP contribution in [0.4, 0.5) is 10.5 Å². The minimum atomic E-state index is -0.00950. The summed E-state index contributed by atoms with van der Waals surface area (Å²) in [4.78, 5) is 30.4. The van der Waals surface area contributed by atoms with Gasteiger partial charge in [-0.25, -0.2) is 4.79 Å². The molecule has 1 aromatic carbocycles. The topological polar surface area (TPSA) is 69.9 Å². The maximum atomic E-state index is 12.7. The van der Waals surface area contributed by atoms with E-state index < -0.39 is 0 Å². The average Bonchev–Trinajstić information content (AvgIpc) is 2.57. The third kappa shape index (κ3) is 3.75. The molecule has 0 aromatic heterocycles. The van der Waals surface area contributed by atoms with Crippen LogP contribution >= 0.6 is 0 Å². The van der Waals surface area contributed by atoms with Crippen LogP contribution in [0.3, 0.4) is 0 Å². The largest absolute Gasteiger partial charge is 0.399 e. The predicted octanol–water partition coefficient (Wildman–Crippen LogP) is 1.80. The molecule has 0 bridgehead atoms. The van der Waals surface area contributed by atoms with Gasteiger partial charge in [0, 0.05) is 50.5 Å². The number of aryl methyl sites for hydroxylation is 1. The molecule has 1 saturated heterocycles. The smallest absolute Gasteiger partial charge is 0.320 e. The lowest BCUT2D eigenvalue weighted by atomic mass is 10.1. The first-order valence-corrected chi connectivity index (χ1v) is 8.17. The van der Waals surface area contributed by atoms with E-state index in [4.69, 9.17) is 5.73 Å². The molecule has 0 unspecified atom stereocenters. The highest BCUT2D eigenvalue weighted by atomic mass is 16.2. The van der Waals surface area contributed by atoms with Crippen molar-refractivity contribution in [3.05, 3.63) is 29.3 Å². The van der Waals surface area contributed by atoms with Gasteiger partial charge in [-0.3, -0.25) is 4.79 Å². The molecule has 0 atom stereocenters. The van der Waals surface area contributed by atoms with Gasteiger partial charge in [0.2, 0.25) is 0 Å². The average molecular weight is 318 g/mol. The van der Waals surface area contributed by atoms with E-state index in [-0.39, 0.29) is 11.9 Å². The van der Waals surface area contributed by atoms with Crippen molar-refractivity contribution < 1.29 is 9.59 Å². The summed E-state index contributed by atoms with van der Waals surface area (Å²) in [6.07, 6.45) is 0. The molecule has 1 aliphatic heterocycles. The van der Waals surface area contributed by atoms with Crippen molar-refractivity contribution in [1.29, 1.82) is 0 Å². The van der Waals surface area contributed by atoms with Crippen molar-refractivity contribution in [2.24, 2.45) is 0 Å². The Morgan fingerprint density at radius 3 is 2.22 bits per heavy atom. The molecule has 0 spiro atoms. The molecule has 0 radical (unpaired) electrons. The highest BCUT2D eigenvalue weighted by molar-refractivity contribution is 5.96. The Hall–Kier alpha value is -2.24.